The minimum atomic E-state index is -0.0128. The Bertz CT molecular complexity index is 329. The first-order valence-electron chi connectivity index (χ1n) is 4.97. The van der Waals surface area contributed by atoms with Crippen LogP contribution in [0.3, 0.4) is 0 Å². The number of nitrogens with two attached hydrogens (primary N) is 2. The van der Waals surface area contributed by atoms with Crippen molar-refractivity contribution in [3.8, 4) is 0 Å². The Kier molecular flexibility index (Phi) is 4.32. The van der Waals surface area contributed by atoms with Gasteiger partial charge >= 0.3 is 0 Å². The number of rotatable bonds is 4. The molecule has 1 rings (SSSR count). The Morgan fingerprint density at radius 2 is 2.27 bits per heavy atom. The fourth-order valence-electron chi connectivity index (χ4n) is 1.51. The van der Waals surface area contributed by atoms with Gasteiger partial charge in [-0.15, -0.1) is 0 Å². The Morgan fingerprint density at radius 3 is 2.80 bits per heavy atom. The van der Waals surface area contributed by atoms with Gasteiger partial charge < -0.3 is 5.73 Å². The van der Waals surface area contributed by atoms with E-state index in [-0.39, 0.29) is 6.04 Å². The minimum absolute atomic E-state index is 0.0128. The lowest BCUT2D eigenvalue weighted by Gasteiger charge is -2.23. The quantitative estimate of drug-likeness (QED) is 0.543. The number of nitrogens with zero attached hydrogens (tertiary/aromatic N) is 1. The summed E-state index contributed by atoms with van der Waals surface area (Å²) in [5.41, 5.74) is 9.41. The highest BCUT2D eigenvalue weighted by atomic mass is 35.5. The molecular weight excluding hydrogens is 212 g/mol. The molecule has 84 valence electrons. The molecule has 0 aromatic carbocycles. The molecule has 0 aliphatic heterocycles. The molecule has 0 bridgehead atoms. The van der Waals surface area contributed by atoms with Gasteiger partial charge in [-0.1, -0.05) is 31.9 Å². The van der Waals surface area contributed by atoms with Crippen molar-refractivity contribution in [3.63, 3.8) is 0 Å². The van der Waals surface area contributed by atoms with Gasteiger partial charge in [0.1, 0.15) is 5.82 Å². The van der Waals surface area contributed by atoms with Crippen LogP contribution in [0, 0.1) is 5.92 Å². The fourth-order valence-corrected chi connectivity index (χ4v) is 1.68. The molecule has 0 radical (unpaired) electrons. The standard InChI is InChI=1S/C10H17ClN4/c1-3-6(2)9(15-13)8-4-7(11)5-14-10(8)12/h4-6,9,15H,3,13H2,1-2H3,(H2,12,14). The monoisotopic (exact) mass is 228 g/mol. The van der Waals surface area contributed by atoms with Crippen LogP contribution < -0.4 is 17.0 Å². The number of hydrogen-bond donors (Lipinski definition) is 3. The number of halogens is 1. The van der Waals surface area contributed by atoms with Gasteiger partial charge in [0.05, 0.1) is 11.1 Å². The largest absolute Gasteiger partial charge is 0.383 e. The van der Waals surface area contributed by atoms with E-state index in [0.717, 1.165) is 12.0 Å². The van der Waals surface area contributed by atoms with Crippen molar-refractivity contribution in [2.75, 3.05) is 5.73 Å². The molecule has 0 fully saturated rings. The SMILES string of the molecule is CCC(C)C(NN)c1cc(Cl)cnc1N. The summed E-state index contributed by atoms with van der Waals surface area (Å²) in [4.78, 5) is 4.01. The zero-order valence-corrected chi connectivity index (χ0v) is 9.75. The molecule has 1 aromatic heterocycles. The highest BCUT2D eigenvalue weighted by molar-refractivity contribution is 6.30. The molecule has 0 aliphatic carbocycles. The second-order valence-corrected chi connectivity index (χ2v) is 4.09. The first-order valence-corrected chi connectivity index (χ1v) is 5.35. The summed E-state index contributed by atoms with van der Waals surface area (Å²) in [5.74, 6) is 6.37. The summed E-state index contributed by atoms with van der Waals surface area (Å²) >= 11 is 5.88. The lowest BCUT2D eigenvalue weighted by atomic mass is 9.93. The van der Waals surface area contributed by atoms with Crippen LogP contribution in [0.4, 0.5) is 5.82 Å². The van der Waals surface area contributed by atoms with E-state index in [1.165, 1.54) is 6.20 Å². The fraction of sp³-hybridized carbons (Fsp3) is 0.500. The molecule has 1 heterocycles. The van der Waals surface area contributed by atoms with E-state index in [0.29, 0.717) is 16.8 Å². The molecule has 2 atom stereocenters. The Balaban J connectivity index is 3.05. The molecule has 0 saturated heterocycles. The van der Waals surface area contributed by atoms with E-state index in [4.69, 9.17) is 23.2 Å². The lowest BCUT2D eigenvalue weighted by molar-refractivity contribution is 0.383. The number of nitrogen functional groups attached to an aromatic ring is 1. The summed E-state index contributed by atoms with van der Waals surface area (Å²) in [6.45, 7) is 4.20. The van der Waals surface area contributed by atoms with Gasteiger partial charge in [0.2, 0.25) is 0 Å². The molecule has 5 heteroatoms. The Hall–Kier alpha value is -0.840. The summed E-state index contributed by atoms with van der Waals surface area (Å²) in [7, 11) is 0. The third-order valence-electron chi connectivity index (χ3n) is 2.64. The highest BCUT2D eigenvalue weighted by Crippen LogP contribution is 2.28. The van der Waals surface area contributed by atoms with E-state index in [1.807, 2.05) is 0 Å². The third kappa shape index (κ3) is 2.81. The first-order chi connectivity index (χ1) is 7.10. The van der Waals surface area contributed by atoms with Gasteiger partial charge in [-0.25, -0.2) is 4.98 Å². The zero-order chi connectivity index (χ0) is 11.4. The van der Waals surface area contributed by atoms with E-state index in [2.05, 4.69) is 24.3 Å². The van der Waals surface area contributed by atoms with Gasteiger partial charge in [0.25, 0.3) is 0 Å². The third-order valence-corrected chi connectivity index (χ3v) is 2.85. The van der Waals surface area contributed by atoms with Crippen LogP contribution in [-0.4, -0.2) is 4.98 Å². The highest BCUT2D eigenvalue weighted by Gasteiger charge is 2.19. The normalized spacial score (nSPS) is 14.9. The van der Waals surface area contributed by atoms with Crippen molar-refractivity contribution >= 4 is 17.4 Å². The topological polar surface area (TPSA) is 77.0 Å². The summed E-state index contributed by atoms with van der Waals surface area (Å²) in [5, 5.41) is 0.572. The molecule has 0 saturated carbocycles. The van der Waals surface area contributed by atoms with Crippen LogP contribution in [0.25, 0.3) is 0 Å². The summed E-state index contributed by atoms with van der Waals surface area (Å²) in [6.07, 6.45) is 2.53. The maximum atomic E-state index is 5.88. The summed E-state index contributed by atoms with van der Waals surface area (Å²) in [6, 6.07) is 1.79. The van der Waals surface area contributed by atoms with E-state index >= 15 is 0 Å². The van der Waals surface area contributed by atoms with Crippen LogP contribution in [0.5, 0.6) is 0 Å². The van der Waals surface area contributed by atoms with Crippen molar-refractivity contribution in [2.45, 2.75) is 26.3 Å². The number of anilines is 1. The lowest BCUT2D eigenvalue weighted by Crippen LogP contribution is -2.33. The predicted molar refractivity (Wildman–Crippen MR) is 63.2 cm³/mol. The summed E-state index contributed by atoms with van der Waals surface area (Å²) < 4.78 is 0. The number of pyridine rings is 1. The van der Waals surface area contributed by atoms with Crippen LogP contribution in [0.1, 0.15) is 31.9 Å². The minimum Gasteiger partial charge on any atom is -0.383 e. The second-order valence-electron chi connectivity index (χ2n) is 3.66. The second kappa shape index (κ2) is 5.30. The van der Waals surface area contributed by atoms with Crippen molar-refractivity contribution in [2.24, 2.45) is 11.8 Å². The zero-order valence-electron chi connectivity index (χ0n) is 9.00. The van der Waals surface area contributed by atoms with E-state index in [1.54, 1.807) is 6.07 Å². The van der Waals surface area contributed by atoms with E-state index in [9.17, 15) is 0 Å². The van der Waals surface area contributed by atoms with Crippen molar-refractivity contribution in [3.05, 3.63) is 22.8 Å². The predicted octanol–water partition coefficient (Wildman–Crippen LogP) is 1.87. The van der Waals surface area contributed by atoms with Gasteiger partial charge in [-0.3, -0.25) is 11.3 Å². The van der Waals surface area contributed by atoms with E-state index < -0.39 is 0 Å². The van der Waals surface area contributed by atoms with Crippen LogP contribution in [-0.2, 0) is 0 Å². The number of hydrazine groups is 1. The molecular formula is C10H17ClN4. The van der Waals surface area contributed by atoms with Crippen molar-refractivity contribution in [1.82, 2.24) is 10.4 Å². The molecule has 4 nitrogen and oxygen atoms in total. The van der Waals surface area contributed by atoms with Crippen LogP contribution >= 0.6 is 11.6 Å². The molecule has 0 spiro atoms. The van der Waals surface area contributed by atoms with Gasteiger partial charge in [0, 0.05) is 11.8 Å². The van der Waals surface area contributed by atoms with Gasteiger partial charge in [-0.05, 0) is 12.0 Å². The van der Waals surface area contributed by atoms with Crippen molar-refractivity contribution < 1.29 is 0 Å². The molecule has 0 amide bonds. The van der Waals surface area contributed by atoms with Gasteiger partial charge in [0.15, 0.2) is 0 Å². The maximum absolute atomic E-state index is 5.88. The van der Waals surface area contributed by atoms with Crippen molar-refractivity contribution in [1.29, 1.82) is 0 Å². The number of aromatic nitrogens is 1. The molecule has 5 N–H and O–H groups in total. The smallest absolute Gasteiger partial charge is 0.128 e. The molecule has 15 heavy (non-hydrogen) atoms. The molecule has 1 aromatic rings. The van der Waals surface area contributed by atoms with Crippen LogP contribution in [0.15, 0.2) is 12.3 Å². The average molecular weight is 229 g/mol. The number of nitrogens with one attached hydrogen (secondary N) is 1. The first kappa shape index (κ1) is 12.2. The number of hydrogen-bond acceptors (Lipinski definition) is 4. The maximum Gasteiger partial charge on any atom is 0.128 e. The average Bonchev–Trinajstić information content (AvgIpc) is 2.23. The Morgan fingerprint density at radius 1 is 1.60 bits per heavy atom. The molecule has 0 aliphatic rings. The van der Waals surface area contributed by atoms with Crippen LogP contribution in [0.2, 0.25) is 5.02 Å². The molecule has 2 unspecified atom stereocenters. The van der Waals surface area contributed by atoms with Gasteiger partial charge in [-0.2, -0.15) is 0 Å². The Labute approximate surface area is 95.0 Å².